The van der Waals surface area contributed by atoms with Crippen LogP contribution in [0.3, 0.4) is 0 Å². The Kier molecular flexibility index (Phi) is 5.66. The Balaban J connectivity index is 1.42. The average molecular weight is 382 g/mol. The monoisotopic (exact) mass is 382 g/mol. The van der Waals surface area contributed by atoms with E-state index < -0.39 is 0 Å². The van der Waals surface area contributed by atoms with E-state index in [-0.39, 0.29) is 11.6 Å². The Morgan fingerprint density at radius 3 is 1.41 bits per heavy atom. The Hall–Kier alpha value is -3.46. The highest BCUT2D eigenvalue weighted by Gasteiger charge is 2.10. The molecule has 0 amide bonds. The molecule has 0 radical (unpaired) electrons. The van der Waals surface area contributed by atoms with Gasteiger partial charge in [-0.1, -0.05) is 36.4 Å². The van der Waals surface area contributed by atoms with Gasteiger partial charge >= 0.3 is 0 Å². The van der Waals surface area contributed by atoms with Crippen LogP contribution in [-0.2, 0) is 9.59 Å². The van der Waals surface area contributed by atoms with Crippen molar-refractivity contribution in [2.24, 2.45) is 0 Å². The molecule has 0 bridgehead atoms. The molecule has 2 aliphatic carbocycles. The fourth-order valence-corrected chi connectivity index (χ4v) is 3.41. The maximum atomic E-state index is 11.9. The van der Waals surface area contributed by atoms with Crippen molar-refractivity contribution in [2.75, 3.05) is 0 Å². The molecule has 2 aliphatic rings. The number of hydrogen-bond donors (Lipinski definition) is 0. The van der Waals surface area contributed by atoms with E-state index in [2.05, 4.69) is 0 Å². The quantitative estimate of drug-likeness (QED) is 0.602. The van der Waals surface area contributed by atoms with Gasteiger partial charge in [-0.15, -0.1) is 0 Å². The van der Waals surface area contributed by atoms with Gasteiger partial charge in [0.15, 0.2) is 11.6 Å². The first-order valence-corrected chi connectivity index (χ1v) is 9.88. The molecule has 0 unspecified atom stereocenters. The molecule has 3 nitrogen and oxygen atoms in total. The van der Waals surface area contributed by atoms with Crippen LogP contribution in [0.5, 0.6) is 11.5 Å². The summed E-state index contributed by atoms with van der Waals surface area (Å²) in [6.45, 7) is 0. The highest BCUT2D eigenvalue weighted by Crippen LogP contribution is 2.25. The Labute approximate surface area is 170 Å². The summed E-state index contributed by atoms with van der Waals surface area (Å²) in [5.41, 5.74) is 3.67. The van der Waals surface area contributed by atoms with Gasteiger partial charge in [0.1, 0.15) is 11.5 Å². The molecule has 3 heteroatoms. The van der Waals surface area contributed by atoms with Crippen LogP contribution in [0.4, 0.5) is 0 Å². The number of ketones is 2. The minimum Gasteiger partial charge on any atom is -0.457 e. The molecular weight excluding hydrogens is 360 g/mol. The van der Waals surface area contributed by atoms with E-state index in [0.29, 0.717) is 0 Å². The third kappa shape index (κ3) is 4.88. The van der Waals surface area contributed by atoms with Crippen LogP contribution < -0.4 is 4.74 Å². The zero-order valence-electron chi connectivity index (χ0n) is 16.1. The second-order valence-corrected chi connectivity index (χ2v) is 7.19. The molecule has 0 fully saturated rings. The summed E-state index contributed by atoms with van der Waals surface area (Å²) in [7, 11) is 0. The number of carbonyl (C=O) groups is 2. The van der Waals surface area contributed by atoms with Gasteiger partial charge < -0.3 is 4.74 Å². The van der Waals surface area contributed by atoms with E-state index >= 15 is 0 Å². The van der Waals surface area contributed by atoms with Crippen molar-refractivity contribution in [3.05, 3.63) is 95.1 Å². The first-order chi connectivity index (χ1) is 14.2. The molecule has 0 saturated carbocycles. The molecule has 0 aromatic heterocycles. The van der Waals surface area contributed by atoms with E-state index in [4.69, 9.17) is 4.74 Å². The summed E-state index contributed by atoms with van der Waals surface area (Å²) in [6, 6.07) is 15.4. The van der Waals surface area contributed by atoms with E-state index in [1.165, 1.54) is 0 Å². The molecule has 144 valence electrons. The van der Waals surface area contributed by atoms with Gasteiger partial charge in [-0.2, -0.15) is 0 Å². The minimum absolute atomic E-state index is 0.0950. The highest BCUT2D eigenvalue weighted by atomic mass is 16.5. The largest absolute Gasteiger partial charge is 0.457 e. The van der Waals surface area contributed by atoms with Crippen molar-refractivity contribution in [2.45, 2.75) is 25.7 Å². The summed E-state index contributed by atoms with van der Waals surface area (Å²) in [4.78, 5) is 23.7. The predicted octanol–water partition coefficient (Wildman–Crippen LogP) is 6.08. The van der Waals surface area contributed by atoms with Gasteiger partial charge in [-0.05, 0) is 85.4 Å². The third-order valence-corrected chi connectivity index (χ3v) is 5.01. The van der Waals surface area contributed by atoms with Crippen LogP contribution in [0, 0.1) is 0 Å². The molecule has 0 spiro atoms. The summed E-state index contributed by atoms with van der Waals surface area (Å²) >= 11 is 0. The second-order valence-electron chi connectivity index (χ2n) is 7.19. The number of benzene rings is 2. The van der Waals surface area contributed by atoms with Crippen molar-refractivity contribution in [1.82, 2.24) is 0 Å². The van der Waals surface area contributed by atoms with Crippen molar-refractivity contribution in [3.8, 4) is 11.5 Å². The Morgan fingerprint density at radius 2 is 1.03 bits per heavy atom. The Morgan fingerprint density at radius 1 is 0.621 bits per heavy atom. The van der Waals surface area contributed by atoms with Crippen LogP contribution >= 0.6 is 0 Å². The summed E-state index contributed by atoms with van der Waals surface area (Å²) in [5, 5.41) is 0. The fourth-order valence-electron chi connectivity index (χ4n) is 3.41. The van der Waals surface area contributed by atoms with E-state index in [1.807, 2.05) is 72.8 Å². The van der Waals surface area contributed by atoms with Crippen LogP contribution in [0.1, 0.15) is 36.8 Å². The van der Waals surface area contributed by atoms with Gasteiger partial charge in [-0.3, -0.25) is 9.59 Å². The molecule has 0 saturated heterocycles. The van der Waals surface area contributed by atoms with Crippen molar-refractivity contribution >= 4 is 23.7 Å². The van der Waals surface area contributed by atoms with Gasteiger partial charge in [0, 0.05) is 11.1 Å². The zero-order chi connectivity index (χ0) is 20.1. The SMILES string of the molecule is O=C1C=CCC/C1=C/c1ccc(Oc2ccc(/C=C3\CCC=CC3=O)cc2)cc1. The van der Waals surface area contributed by atoms with Crippen molar-refractivity contribution < 1.29 is 14.3 Å². The maximum absolute atomic E-state index is 11.9. The van der Waals surface area contributed by atoms with Gasteiger partial charge in [0.25, 0.3) is 0 Å². The minimum atomic E-state index is 0.0950. The number of hydrogen-bond acceptors (Lipinski definition) is 3. The summed E-state index contributed by atoms with van der Waals surface area (Å²) in [5.74, 6) is 1.66. The van der Waals surface area contributed by atoms with Crippen molar-refractivity contribution in [1.29, 1.82) is 0 Å². The summed E-state index contributed by atoms with van der Waals surface area (Å²) < 4.78 is 5.91. The lowest BCUT2D eigenvalue weighted by atomic mass is 9.97. The van der Waals surface area contributed by atoms with E-state index in [0.717, 1.165) is 59.5 Å². The Bertz CT molecular complexity index is 947. The number of allylic oxidation sites excluding steroid dienone is 6. The number of carbonyl (C=O) groups excluding carboxylic acids is 2. The standard InChI is InChI=1S/C26H22O3/c27-25-7-3-1-5-21(25)17-19-9-13-23(14-10-19)29-24-15-11-20(12-16-24)18-22-6-2-4-8-26(22)28/h3-4,7-18H,1-2,5-6H2/b21-17-,22-18+. The molecular formula is C26H22O3. The third-order valence-electron chi connectivity index (χ3n) is 5.01. The lowest BCUT2D eigenvalue weighted by molar-refractivity contribution is -0.112. The number of rotatable bonds is 4. The van der Waals surface area contributed by atoms with Crippen LogP contribution in [0.2, 0.25) is 0 Å². The van der Waals surface area contributed by atoms with Gasteiger partial charge in [0.05, 0.1) is 0 Å². The first-order valence-electron chi connectivity index (χ1n) is 9.88. The van der Waals surface area contributed by atoms with E-state index in [9.17, 15) is 9.59 Å². The maximum Gasteiger partial charge on any atom is 0.181 e. The lowest BCUT2D eigenvalue weighted by Gasteiger charge is -2.09. The molecule has 2 aromatic carbocycles. The molecule has 29 heavy (non-hydrogen) atoms. The predicted molar refractivity (Wildman–Crippen MR) is 116 cm³/mol. The number of ether oxygens (including phenoxy) is 1. The van der Waals surface area contributed by atoms with Gasteiger partial charge in [0.2, 0.25) is 0 Å². The fraction of sp³-hybridized carbons (Fsp3) is 0.154. The molecule has 0 N–H and O–H groups in total. The normalized spacial score (nSPS) is 19.2. The van der Waals surface area contributed by atoms with Gasteiger partial charge in [-0.25, -0.2) is 0 Å². The smallest absolute Gasteiger partial charge is 0.181 e. The molecule has 2 aromatic rings. The summed E-state index contributed by atoms with van der Waals surface area (Å²) in [6.07, 6.45) is 14.4. The zero-order valence-corrected chi connectivity index (χ0v) is 16.1. The molecule has 0 atom stereocenters. The second kappa shape index (κ2) is 8.70. The van der Waals surface area contributed by atoms with Crippen LogP contribution in [-0.4, -0.2) is 11.6 Å². The highest BCUT2D eigenvalue weighted by molar-refractivity contribution is 6.08. The van der Waals surface area contributed by atoms with Crippen LogP contribution in [0.15, 0.2) is 84.0 Å². The topological polar surface area (TPSA) is 43.4 Å². The first kappa shape index (κ1) is 18.9. The van der Waals surface area contributed by atoms with E-state index in [1.54, 1.807) is 12.2 Å². The van der Waals surface area contributed by atoms with Crippen LogP contribution in [0.25, 0.3) is 12.2 Å². The molecule has 0 aliphatic heterocycles. The van der Waals surface area contributed by atoms with Crippen molar-refractivity contribution in [3.63, 3.8) is 0 Å². The average Bonchev–Trinajstić information content (AvgIpc) is 2.74. The molecule has 4 rings (SSSR count). The lowest BCUT2D eigenvalue weighted by Crippen LogP contribution is -2.02. The molecule has 0 heterocycles.